The molecule has 19 heavy (non-hydrogen) atoms. The average molecular weight is 326 g/mol. The highest BCUT2D eigenvalue weighted by molar-refractivity contribution is 9.10. The van der Waals surface area contributed by atoms with E-state index in [1.54, 1.807) is 0 Å². The van der Waals surface area contributed by atoms with Crippen molar-refractivity contribution in [2.45, 2.75) is 51.6 Å². The topological polar surface area (TPSA) is 32.3 Å². The Kier molecular flexibility index (Phi) is 5.71. The molecule has 106 valence electrons. The van der Waals surface area contributed by atoms with Crippen LogP contribution in [0.2, 0.25) is 0 Å². The summed E-state index contributed by atoms with van der Waals surface area (Å²) in [7, 11) is 0. The zero-order valence-corrected chi connectivity index (χ0v) is 13.2. The Morgan fingerprint density at radius 2 is 2.11 bits per heavy atom. The van der Waals surface area contributed by atoms with Gasteiger partial charge in [-0.25, -0.2) is 0 Å². The fourth-order valence-electron chi connectivity index (χ4n) is 2.97. The van der Waals surface area contributed by atoms with Crippen LogP contribution in [0.5, 0.6) is 0 Å². The summed E-state index contributed by atoms with van der Waals surface area (Å²) in [5, 5.41) is 13.5. The van der Waals surface area contributed by atoms with Crippen LogP contribution in [0, 0.1) is 5.92 Å². The van der Waals surface area contributed by atoms with Gasteiger partial charge in [-0.2, -0.15) is 0 Å². The summed E-state index contributed by atoms with van der Waals surface area (Å²) >= 11 is 3.50. The highest BCUT2D eigenvalue weighted by atomic mass is 79.9. The van der Waals surface area contributed by atoms with Crippen LogP contribution in [0.3, 0.4) is 0 Å². The smallest absolute Gasteiger partial charge is 0.0715 e. The molecule has 1 unspecified atom stereocenters. The van der Waals surface area contributed by atoms with Crippen molar-refractivity contribution in [1.82, 2.24) is 0 Å². The van der Waals surface area contributed by atoms with E-state index in [1.165, 1.54) is 31.2 Å². The quantitative estimate of drug-likeness (QED) is 0.814. The van der Waals surface area contributed by atoms with Crippen molar-refractivity contribution in [3.8, 4) is 0 Å². The molecule has 1 fully saturated rings. The van der Waals surface area contributed by atoms with Crippen LogP contribution in [-0.4, -0.2) is 17.8 Å². The lowest BCUT2D eigenvalue weighted by Crippen LogP contribution is -2.22. The number of aliphatic hydroxyl groups is 1. The van der Waals surface area contributed by atoms with Crippen LogP contribution in [0.15, 0.2) is 22.7 Å². The van der Waals surface area contributed by atoms with E-state index in [1.807, 2.05) is 6.07 Å². The maximum absolute atomic E-state index is 10.1. The van der Waals surface area contributed by atoms with Crippen LogP contribution in [-0.2, 0) is 6.42 Å². The minimum Gasteiger partial charge on any atom is -0.391 e. The van der Waals surface area contributed by atoms with Crippen molar-refractivity contribution < 1.29 is 5.11 Å². The second-order valence-electron chi connectivity index (χ2n) is 5.58. The van der Waals surface area contributed by atoms with E-state index in [4.69, 9.17) is 0 Å². The first-order chi connectivity index (χ1) is 9.19. The van der Waals surface area contributed by atoms with E-state index in [0.29, 0.717) is 6.54 Å². The van der Waals surface area contributed by atoms with Crippen molar-refractivity contribution in [3.05, 3.63) is 28.2 Å². The van der Waals surface area contributed by atoms with Gasteiger partial charge in [0.25, 0.3) is 0 Å². The number of anilines is 1. The SMILES string of the molecule is CCc1cc(Br)ccc1NCC(O)CC1CCCC1. The molecule has 0 spiro atoms. The van der Waals surface area contributed by atoms with Crippen molar-refractivity contribution >= 4 is 21.6 Å². The molecule has 3 heteroatoms. The molecule has 0 bridgehead atoms. The summed E-state index contributed by atoms with van der Waals surface area (Å²) in [5.74, 6) is 0.743. The zero-order valence-electron chi connectivity index (χ0n) is 11.7. The second-order valence-corrected chi connectivity index (χ2v) is 6.49. The molecule has 0 saturated heterocycles. The minimum atomic E-state index is -0.226. The van der Waals surface area contributed by atoms with Gasteiger partial charge in [-0.1, -0.05) is 48.5 Å². The van der Waals surface area contributed by atoms with E-state index in [0.717, 1.165) is 28.9 Å². The standard InChI is InChI=1S/C16H24BrNO/c1-2-13-10-14(17)7-8-16(13)18-11-15(19)9-12-5-3-4-6-12/h7-8,10,12,15,18-19H,2-6,9,11H2,1H3. The van der Waals surface area contributed by atoms with Gasteiger partial charge in [-0.05, 0) is 42.5 Å². The Balaban J connectivity index is 1.83. The Morgan fingerprint density at radius 3 is 2.79 bits per heavy atom. The summed E-state index contributed by atoms with van der Waals surface area (Å²) in [6.45, 7) is 2.81. The van der Waals surface area contributed by atoms with Gasteiger partial charge in [-0.3, -0.25) is 0 Å². The normalized spacial score (nSPS) is 17.6. The number of aliphatic hydroxyl groups excluding tert-OH is 1. The van der Waals surface area contributed by atoms with Crippen LogP contribution in [0.1, 0.15) is 44.6 Å². The van der Waals surface area contributed by atoms with Gasteiger partial charge in [-0.15, -0.1) is 0 Å². The van der Waals surface area contributed by atoms with Gasteiger partial charge in [0.2, 0.25) is 0 Å². The molecule has 1 aliphatic carbocycles. The van der Waals surface area contributed by atoms with Gasteiger partial charge < -0.3 is 10.4 Å². The zero-order chi connectivity index (χ0) is 13.7. The molecular formula is C16H24BrNO. The van der Waals surface area contributed by atoms with Crippen molar-refractivity contribution in [1.29, 1.82) is 0 Å². The lowest BCUT2D eigenvalue weighted by atomic mass is 10.00. The lowest BCUT2D eigenvalue weighted by molar-refractivity contribution is 0.155. The summed E-state index contributed by atoms with van der Waals surface area (Å²) in [6, 6.07) is 6.28. The van der Waals surface area contributed by atoms with Gasteiger partial charge in [0.15, 0.2) is 0 Å². The molecule has 1 aliphatic rings. The Bertz CT molecular complexity index is 402. The molecule has 0 radical (unpaired) electrons. The molecule has 1 atom stereocenters. The Morgan fingerprint density at radius 1 is 1.37 bits per heavy atom. The minimum absolute atomic E-state index is 0.226. The van der Waals surface area contributed by atoms with Crippen molar-refractivity contribution in [3.63, 3.8) is 0 Å². The third-order valence-electron chi connectivity index (χ3n) is 4.06. The summed E-state index contributed by atoms with van der Waals surface area (Å²) < 4.78 is 1.11. The fourth-order valence-corrected chi connectivity index (χ4v) is 3.38. The Hall–Kier alpha value is -0.540. The van der Waals surface area contributed by atoms with E-state index in [9.17, 15) is 5.11 Å². The van der Waals surface area contributed by atoms with E-state index in [-0.39, 0.29) is 6.10 Å². The molecule has 2 rings (SSSR count). The third kappa shape index (κ3) is 4.50. The van der Waals surface area contributed by atoms with E-state index >= 15 is 0 Å². The first-order valence-electron chi connectivity index (χ1n) is 7.39. The highest BCUT2D eigenvalue weighted by Crippen LogP contribution is 2.29. The monoisotopic (exact) mass is 325 g/mol. The van der Waals surface area contributed by atoms with Crippen LogP contribution in [0.25, 0.3) is 0 Å². The molecule has 0 aromatic heterocycles. The lowest BCUT2D eigenvalue weighted by Gasteiger charge is -2.18. The van der Waals surface area contributed by atoms with Crippen LogP contribution in [0.4, 0.5) is 5.69 Å². The first-order valence-corrected chi connectivity index (χ1v) is 8.18. The molecule has 0 aliphatic heterocycles. The number of benzene rings is 1. The molecular weight excluding hydrogens is 302 g/mol. The van der Waals surface area contributed by atoms with E-state index in [2.05, 4.69) is 40.3 Å². The predicted octanol–water partition coefficient (Wildman–Crippen LogP) is 4.36. The van der Waals surface area contributed by atoms with E-state index < -0.39 is 0 Å². The molecule has 1 saturated carbocycles. The van der Waals surface area contributed by atoms with Crippen molar-refractivity contribution in [2.24, 2.45) is 5.92 Å². The first kappa shape index (κ1) is 14.9. The number of hydrogen-bond acceptors (Lipinski definition) is 2. The predicted molar refractivity (Wildman–Crippen MR) is 84.6 cm³/mol. The van der Waals surface area contributed by atoms with Crippen molar-refractivity contribution in [2.75, 3.05) is 11.9 Å². The highest BCUT2D eigenvalue weighted by Gasteiger charge is 2.18. The third-order valence-corrected chi connectivity index (χ3v) is 4.55. The number of aryl methyl sites for hydroxylation is 1. The largest absolute Gasteiger partial charge is 0.391 e. The molecule has 2 N–H and O–H groups in total. The second kappa shape index (κ2) is 7.30. The van der Waals surface area contributed by atoms with Gasteiger partial charge >= 0.3 is 0 Å². The number of halogens is 1. The molecule has 0 heterocycles. The fraction of sp³-hybridized carbons (Fsp3) is 0.625. The summed E-state index contributed by atoms with van der Waals surface area (Å²) in [5.41, 5.74) is 2.44. The molecule has 2 nitrogen and oxygen atoms in total. The van der Waals surface area contributed by atoms with Gasteiger partial charge in [0, 0.05) is 16.7 Å². The summed E-state index contributed by atoms with van der Waals surface area (Å²) in [4.78, 5) is 0. The maximum atomic E-state index is 10.1. The Labute approximate surface area is 124 Å². The summed E-state index contributed by atoms with van der Waals surface area (Å²) in [6.07, 6.45) is 7.02. The van der Waals surface area contributed by atoms with Gasteiger partial charge in [0.1, 0.15) is 0 Å². The molecule has 0 amide bonds. The van der Waals surface area contributed by atoms with Crippen LogP contribution >= 0.6 is 15.9 Å². The van der Waals surface area contributed by atoms with Crippen LogP contribution < -0.4 is 5.32 Å². The molecule has 1 aromatic carbocycles. The number of hydrogen-bond donors (Lipinski definition) is 2. The maximum Gasteiger partial charge on any atom is 0.0715 e. The number of rotatable bonds is 6. The number of nitrogens with one attached hydrogen (secondary N) is 1. The average Bonchev–Trinajstić information content (AvgIpc) is 2.90. The van der Waals surface area contributed by atoms with Gasteiger partial charge in [0.05, 0.1) is 6.10 Å². The molecule has 1 aromatic rings.